The van der Waals surface area contributed by atoms with E-state index < -0.39 is 0 Å². The topological polar surface area (TPSA) is 26.3 Å². The molecule has 0 heterocycles. The van der Waals surface area contributed by atoms with Gasteiger partial charge in [0.2, 0.25) is 0 Å². The van der Waals surface area contributed by atoms with Crippen molar-refractivity contribution in [2.24, 2.45) is 0 Å². The van der Waals surface area contributed by atoms with E-state index in [0.717, 1.165) is 6.42 Å². The zero-order valence-corrected chi connectivity index (χ0v) is 5.79. The van der Waals surface area contributed by atoms with E-state index >= 15 is 0 Å². The number of carbonyl (C=O) groups excluding carboxylic acids is 1. The number of hydrogen-bond acceptors (Lipinski definition) is 2. The summed E-state index contributed by atoms with van der Waals surface area (Å²) in [5.74, 6) is -0.123. The molecule has 0 saturated carbocycles. The van der Waals surface area contributed by atoms with E-state index in [-0.39, 0.29) is 5.97 Å². The molecule has 2 nitrogen and oxygen atoms in total. The quantitative estimate of drug-likeness (QED) is 0.523. The van der Waals surface area contributed by atoms with Gasteiger partial charge in [-0.3, -0.25) is 0 Å². The van der Waals surface area contributed by atoms with E-state index in [9.17, 15) is 4.79 Å². The molecule has 0 aromatic rings. The van der Waals surface area contributed by atoms with Gasteiger partial charge in [-0.2, -0.15) is 0 Å². The van der Waals surface area contributed by atoms with Gasteiger partial charge in [-0.1, -0.05) is 0 Å². The van der Waals surface area contributed by atoms with E-state index in [4.69, 9.17) is 0 Å². The van der Waals surface area contributed by atoms with Crippen molar-refractivity contribution >= 4 is 5.97 Å². The molecule has 0 spiro atoms. The van der Waals surface area contributed by atoms with E-state index in [0.29, 0.717) is 6.42 Å². The Hall–Kier alpha value is 0.184. The zero-order chi connectivity index (χ0) is 5.70. The molecule has 3 heteroatoms. The van der Waals surface area contributed by atoms with Crippen LogP contribution in [0.2, 0.25) is 0 Å². The molecule has 0 atom stereocenters. The summed E-state index contributed by atoms with van der Waals surface area (Å²) in [6.07, 6.45) is 1.41. The summed E-state index contributed by atoms with van der Waals surface area (Å²) >= 11 is 1.40. The molecule has 0 radical (unpaired) electrons. The molecule has 0 fully saturated rings. The van der Waals surface area contributed by atoms with Gasteiger partial charge in [0, 0.05) is 0 Å². The maximum atomic E-state index is 10.2. The summed E-state index contributed by atoms with van der Waals surface area (Å²) in [7, 11) is 0. The normalized spacial score (nSPS) is 8.00. The van der Waals surface area contributed by atoms with Crippen molar-refractivity contribution in [3.8, 4) is 0 Å². The average molecular weight is 135 g/mol. The minimum atomic E-state index is -0.123. The number of hydrogen-bond donors (Lipinski definition) is 0. The van der Waals surface area contributed by atoms with Gasteiger partial charge in [-0.05, 0) is 0 Å². The summed E-state index contributed by atoms with van der Waals surface area (Å²) in [6, 6.07) is 0. The summed E-state index contributed by atoms with van der Waals surface area (Å²) < 4.78 is 4.35. The van der Waals surface area contributed by atoms with Crippen molar-refractivity contribution < 1.29 is 28.9 Å². The summed E-state index contributed by atoms with van der Waals surface area (Å²) in [5, 5.41) is 0. The predicted molar refractivity (Wildman–Crippen MR) is 21.0 cm³/mol. The molecule has 0 unspecified atom stereocenters. The van der Waals surface area contributed by atoms with Crippen LogP contribution in [0.4, 0.5) is 0 Å². The molecule has 0 aromatic heterocycles. The van der Waals surface area contributed by atoms with Crippen LogP contribution in [-0.4, -0.2) is 5.97 Å². The fourth-order valence-electron chi connectivity index (χ4n) is 0.255. The monoisotopic (exact) mass is 135 g/mol. The third-order valence-corrected chi connectivity index (χ3v) is 0.923. The third-order valence-electron chi connectivity index (χ3n) is 0.568. The van der Waals surface area contributed by atoms with Gasteiger partial charge < -0.3 is 0 Å². The van der Waals surface area contributed by atoms with Crippen molar-refractivity contribution in [3.05, 3.63) is 0 Å². The van der Waals surface area contributed by atoms with E-state index in [2.05, 4.69) is 3.32 Å². The Bertz CT molecular complexity index is 62.7. The summed E-state index contributed by atoms with van der Waals surface area (Å²) in [5.41, 5.74) is 0. The second-order valence-corrected chi connectivity index (χ2v) is 1.54. The SMILES string of the molecule is CCCC(=O)[O][Ti]. The van der Waals surface area contributed by atoms with Crippen molar-refractivity contribution in [3.63, 3.8) is 0 Å². The number of rotatable bonds is 2. The summed E-state index contributed by atoms with van der Waals surface area (Å²) in [4.78, 5) is 10.2. The van der Waals surface area contributed by atoms with Crippen LogP contribution in [-0.2, 0) is 28.9 Å². The van der Waals surface area contributed by atoms with Crippen LogP contribution < -0.4 is 0 Å². The standard InChI is InChI=1S/C4H8O2.Ti/c1-2-3-4(5)6;/h2-3H2,1H3,(H,5,6);/q;+1/p-1. The van der Waals surface area contributed by atoms with Crippen molar-refractivity contribution in [2.45, 2.75) is 19.8 Å². The Balaban J connectivity index is 3.00. The Morgan fingerprint density at radius 2 is 2.43 bits per heavy atom. The van der Waals surface area contributed by atoms with Gasteiger partial charge in [0.05, 0.1) is 0 Å². The van der Waals surface area contributed by atoms with Crippen LogP contribution >= 0.6 is 0 Å². The molecule has 0 amide bonds. The maximum absolute atomic E-state index is 10.2. The molecule has 7 heavy (non-hydrogen) atoms. The van der Waals surface area contributed by atoms with Gasteiger partial charge in [-0.15, -0.1) is 0 Å². The third kappa shape index (κ3) is 4.03. The first-order chi connectivity index (χ1) is 3.31. The van der Waals surface area contributed by atoms with Crippen molar-refractivity contribution in [1.29, 1.82) is 0 Å². The molecule has 0 N–H and O–H groups in total. The molecule has 0 aliphatic carbocycles. The first kappa shape index (κ1) is 7.18. The average Bonchev–Trinajstić information content (AvgIpc) is 1.68. The van der Waals surface area contributed by atoms with Crippen LogP contribution in [0.25, 0.3) is 0 Å². The molecular weight excluding hydrogens is 128 g/mol. The van der Waals surface area contributed by atoms with Gasteiger partial charge in [0.25, 0.3) is 0 Å². The van der Waals surface area contributed by atoms with E-state index in [1.165, 1.54) is 20.8 Å². The molecule has 0 bridgehead atoms. The van der Waals surface area contributed by atoms with Crippen LogP contribution in [0.15, 0.2) is 0 Å². The molecule has 0 rings (SSSR count). The molecule has 0 aromatic carbocycles. The first-order valence-corrected chi connectivity index (χ1v) is 2.81. The summed E-state index contributed by atoms with van der Waals surface area (Å²) in [6.45, 7) is 1.94. The van der Waals surface area contributed by atoms with Gasteiger partial charge >= 0.3 is 54.7 Å². The van der Waals surface area contributed by atoms with Crippen LogP contribution in [0, 0.1) is 0 Å². The first-order valence-electron chi connectivity index (χ1n) is 2.17. The second-order valence-electron chi connectivity index (χ2n) is 1.22. The minimum absolute atomic E-state index is 0.123. The molecule has 39 valence electrons. The Morgan fingerprint density at radius 1 is 1.86 bits per heavy atom. The van der Waals surface area contributed by atoms with Crippen LogP contribution in [0.1, 0.15) is 19.8 Å². The Labute approximate surface area is 55.1 Å². The van der Waals surface area contributed by atoms with Gasteiger partial charge in [-0.25, -0.2) is 0 Å². The van der Waals surface area contributed by atoms with E-state index in [1.807, 2.05) is 6.92 Å². The molecular formula is C4H7O2Ti. The Kier molecular flexibility index (Phi) is 4.46. The zero-order valence-electron chi connectivity index (χ0n) is 4.23. The van der Waals surface area contributed by atoms with Crippen molar-refractivity contribution in [1.82, 2.24) is 0 Å². The van der Waals surface area contributed by atoms with Gasteiger partial charge in [0.1, 0.15) is 0 Å². The van der Waals surface area contributed by atoms with E-state index in [1.54, 1.807) is 0 Å². The molecule has 0 aliphatic heterocycles. The molecule has 0 saturated heterocycles. The Morgan fingerprint density at radius 3 is 2.57 bits per heavy atom. The van der Waals surface area contributed by atoms with Crippen LogP contribution in [0.3, 0.4) is 0 Å². The molecule has 0 aliphatic rings. The fraction of sp³-hybridized carbons (Fsp3) is 0.750. The van der Waals surface area contributed by atoms with Gasteiger partial charge in [0.15, 0.2) is 0 Å². The second kappa shape index (κ2) is 4.35. The number of carbonyl (C=O) groups is 1. The van der Waals surface area contributed by atoms with Crippen molar-refractivity contribution in [2.75, 3.05) is 0 Å². The van der Waals surface area contributed by atoms with Crippen LogP contribution in [0.5, 0.6) is 0 Å². The fourth-order valence-corrected chi connectivity index (χ4v) is 0.415. The predicted octanol–water partition coefficient (Wildman–Crippen LogP) is 0.791.